The van der Waals surface area contributed by atoms with E-state index in [1.165, 1.54) is 0 Å². The number of aromatic nitrogens is 2. The number of H-pyrrole nitrogens is 1. The third-order valence-corrected chi connectivity index (χ3v) is 1.78. The fraction of sp³-hybridized carbons (Fsp3) is 0.600. The van der Waals surface area contributed by atoms with Gasteiger partial charge in [0.2, 0.25) is 5.91 Å². The molecular weight excluding hydrogens is 178 g/mol. The Hall–Kier alpha value is -1.32. The van der Waals surface area contributed by atoms with Gasteiger partial charge >= 0.3 is 0 Å². The largest absolute Gasteiger partial charge is 0.311 e. The van der Waals surface area contributed by atoms with Crippen LogP contribution in [0.5, 0.6) is 0 Å². The Balaban J connectivity index is 2.54. The van der Waals surface area contributed by atoms with Crippen LogP contribution < -0.4 is 5.32 Å². The third kappa shape index (κ3) is 3.20. The number of anilines is 1. The normalized spacial score (nSPS) is 11.4. The molecule has 1 amide bonds. The first-order valence-electron chi connectivity index (χ1n) is 4.68. The first-order chi connectivity index (χ1) is 6.38. The Morgan fingerprint density at radius 2 is 2.21 bits per heavy atom. The summed E-state index contributed by atoms with van der Waals surface area (Å²) in [6.45, 7) is 8.00. The minimum absolute atomic E-state index is 0.0119. The van der Waals surface area contributed by atoms with Crippen LogP contribution in [0, 0.1) is 12.3 Å². The summed E-state index contributed by atoms with van der Waals surface area (Å²) in [5.41, 5.74) is 0.963. The van der Waals surface area contributed by atoms with Gasteiger partial charge in [-0.15, -0.1) is 0 Å². The second-order valence-corrected chi connectivity index (χ2v) is 4.71. The highest BCUT2D eigenvalue weighted by Gasteiger charge is 2.16. The number of nitrogens with zero attached hydrogens (tertiary/aromatic N) is 1. The number of carbonyl (C=O) groups excluding carboxylic acids is 1. The lowest BCUT2D eigenvalue weighted by Gasteiger charge is -2.16. The lowest BCUT2D eigenvalue weighted by Crippen LogP contribution is -2.20. The molecular formula is C10H17N3O. The molecule has 0 saturated carbocycles. The van der Waals surface area contributed by atoms with Crippen LogP contribution in [0.1, 0.15) is 32.8 Å². The fourth-order valence-electron chi connectivity index (χ4n) is 1.14. The molecule has 0 aromatic carbocycles. The molecule has 1 rings (SSSR count). The van der Waals surface area contributed by atoms with Crippen molar-refractivity contribution in [3.05, 3.63) is 11.8 Å². The van der Waals surface area contributed by atoms with E-state index in [0.717, 1.165) is 5.56 Å². The van der Waals surface area contributed by atoms with E-state index >= 15 is 0 Å². The van der Waals surface area contributed by atoms with Crippen molar-refractivity contribution < 1.29 is 4.79 Å². The Morgan fingerprint density at radius 1 is 1.57 bits per heavy atom. The van der Waals surface area contributed by atoms with Crippen molar-refractivity contribution >= 4 is 11.7 Å². The summed E-state index contributed by atoms with van der Waals surface area (Å²) in [6, 6.07) is 0. The van der Waals surface area contributed by atoms with E-state index in [0.29, 0.717) is 12.2 Å². The molecule has 78 valence electrons. The monoisotopic (exact) mass is 195 g/mol. The van der Waals surface area contributed by atoms with Crippen molar-refractivity contribution in [3.8, 4) is 0 Å². The number of rotatable bonds is 2. The maximum absolute atomic E-state index is 11.5. The van der Waals surface area contributed by atoms with Gasteiger partial charge in [-0.1, -0.05) is 20.8 Å². The van der Waals surface area contributed by atoms with Crippen LogP contribution in [-0.2, 0) is 4.79 Å². The molecule has 0 aliphatic carbocycles. The Kier molecular flexibility index (Phi) is 2.93. The number of carbonyl (C=O) groups is 1. The van der Waals surface area contributed by atoms with Gasteiger partial charge in [-0.3, -0.25) is 9.89 Å². The van der Waals surface area contributed by atoms with E-state index in [-0.39, 0.29) is 11.3 Å². The maximum atomic E-state index is 11.5. The lowest BCUT2D eigenvalue weighted by molar-refractivity contribution is -0.117. The van der Waals surface area contributed by atoms with E-state index in [1.54, 1.807) is 6.20 Å². The summed E-state index contributed by atoms with van der Waals surface area (Å²) >= 11 is 0. The SMILES string of the molecule is Cc1cn[nH]c1NC(=O)CC(C)(C)C. The molecule has 0 atom stereocenters. The molecule has 0 aliphatic rings. The molecule has 0 bridgehead atoms. The Bertz CT molecular complexity index is 322. The van der Waals surface area contributed by atoms with Gasteiger partial charge in [0.25, 0.3) is 0 Å². The van der Waals surface area contributed by atoms with E-state index in [1.807, 2.05) is 27.7 Å². The van der Waals surface area contributed by atoms with Gasteiger partial charge in [-0.25, -0.2) is 0 Å². The standard InChI is InChI=1S/C10H17N3O/c1-7-6-11-13-9(7)12-8(14)5-10(2,3)4/h6H,5H2,1-4H3,(H2,11,12,13,14). The first kappa shape index (κ1) is 10.8. The Morgan fingerprint density at radius 3 is 2.64 bits per heavy atom. The van der Waals surface area contributed by atoms with Crippen LogP contribution in [0.3, 0.4) is 0 Å². The average molecular weight is 195 g/mol. The molecule has 14 heavy (non-hydrogen) atoms. The minimum atomic E-state index is 0.0119. The zero-order chi connectivity index (χ0) is 10.8. The van der Waals surface area contributed by atoms with Crippen LogP contribution in [0.2, 0.25) is 0 Å². The summed E-state index contributed by atoms with van der Waals surface area (Å²) in [5, 5.41) is 9.36. The number of aromatic amines is 1. The van der Waals surface area contributed by atoms with E-state index < -0.39 is 0 Å². The summed E-state index contributed by atoms with van der Waals surface area (Å²) in [7, 11) is 0. The third-order valence-electron chi connectivity index (χ3n) is 1.78. The van der Waals surface area contributed by atoms with E-state index in [9.17, 15) is 4.79 Å². The minimum Gasteiger partial charge on any atom is -0.311 e. The molecule has 0 fully saturated rings. The molecule has 1 heterocycles. The number of aryl methyl sites for hydroxylation is 1. The lowest BCUT2D eigenvalue weighted by atomic mass is 9.92. The van der Waals surface area contributed by atoms with Crippen LogP contribution in [0.15, 0.2) is 6.20 Å². The van der Waals surface area contributed by atoms with Crippen LogP contribution >= 0.6 is 0 Å². The molecule has 2 N–H and O–H groups in total. The number of hydrogen-bond acceptors (Lipinski definition) is 2. The number of nitrogens with one attached hydrogen (secondary N) is 2. The summed E-state index contributed by atoms with van der Waals surface area (Å²) in [5.74, 6) is 0.712. The fourth-order valence-corrected chi connectivity index (χ4v) is 1.14. The number of hydrogen-bond donors (Lipinski definition) is 2. The van der Waals surface area contributed by atoms with Gasteiger partial charge < -0.3 is 5.32 Å². The van der Waals surface area contributed by atoms with Crippen molar-refractivity contribution in [2.75, 3.05) is 5.32 Å². The summed E-state index contributed by atoms with van der Waals surface area (Å²) in [6.07, 6.45) is 2.19. The van der Waals surface area contributed by atoms with Crippen molar-refractivity contribution in [2.45, 2.75) is 34.1 Å². The molecule has 1 aromatic heterocycles. The van der Waals surface area contributed by atoms with E-state index in [2.05, 4.69) is 15.5 Å². The van der Waals surface area contributed by atoms with Crippen molar-refractivity contribution in [1.82, 2.24) is 10.2 Å². The molecule has 0 spiro atoms. The molecule has 4 nitrogen and oxygen atoms in total. The topological polar surface area (TPSA) is 57.8 Å². The number of amides is 1. The molecule has 1 aromatic rings. The van der Waals surface area contributed by atoms with Gasteiger partial charge in [-0.2, -0.15) is 5.10 Å². The van der Waals surface area contributed by atoms with Crippen molar-refractivity contribution in [1.29, 1.82) is 0 Å². The van der Waals surface area contributed by atoms with Crippen molar-refractivity contribution in [3.63, 3.8) is 0 Å². The van der Waals surface area contributed by atoms with Gasteiger partial charge in [0, 0.05) is 12.0 Å². The second-order valence-electron chi connectivity index (χ2n) is 4.71. The van der Waals surface area contributed by atoms with Crippen LogP contribution in [-0.4, -0.2) is 16.1 Å². The molecule has 0 saturated heterocycles. The smallest absolute Gasteiger partial charge is 0.226 e. The first-order valence-corrected chi connectivity index (χ1v) is 4.68. The highest BCUT2D eigenvalue weighted by Crippen LogP contribution is 2.19. The van der Waals surface area contributed by atoms with Gasteiger partial charge in [0.05, 0.1) is 6.20 Å². The highest BCUT2D eigenvalue weighted by atomic mass is 16.1. The molecule has 0 unspecified atom stereocenters. The average Bonchev–Trinajstić information content (AvgIpc) is 2.32. The zero-order valence-corrected chi connectivity index (χ0v) is 9.14. The second kappa shape index (κ2) is 3.82. The molecule has 4 heteroatoms. The maximum Gasteiger partial charge on any atom is 0.226 e. The van der Waals surface area contributed by atoms with Gasteiger partial charge in [0.1, 0.15) is 5.82 Å². The summed E-state index contributed by atoms with van der Waals surface area (Å²) < 4.78 is 0. The highest BCUT2D eigenvalue weighted by molar-refractivity contribution is 5.90. The van der Waals surface area contributed by atoms with Gasteiger partial charge in [-0.05, 0) is 12.3 Å². The molecule has 0 aliphatic heterocycles. The predicted octanol–water partition coefficient (Wildman–Crippen LogP) is 2.09. The van der Waals surface area contributed by atoms with Crippen LogP contribution in [0.25, 0.3) is 0 Å². The summed E-state index contributed by atoms with van der Waals surface area (Å²) in [4.78, 5) is 11.5. The van der Waals surface area contributed by atoms with E-state index in [4.69, 9.17) is 0 Å². The molecule has 0 radical (unpaired) electrons. The van der Waals surface area contributed by atoms with Crippen LogP contribution in [0.4, 0.5) is 5.82 Å². The predicted molar refractivity (Wildman–Crippen MR) is 56.0 cm³/mol. The Labute approximate surface area is 84.1 Å². The van der Waals surface area contributed by atoms with Crippen molar-refractivity contribution in [2.24, 2.45) is 5.41 Å². The zero-order valence-electron chi connectivity index (χ0n) is 9.14. The quantitative estimate of drug-likeness (QED) is 0.759. The van der Waals surface area contributed by atoms with Gasteiger partial charge in [0.15, 0.2) is 0 Å².